The monoisotopic (exact) mass is 451 g/mol. The van der Waals surface area contributed by atoms with Crippen LogP contribution < -0.4 is 20.3 Å². The smallest absolute Gasteiger partial charge is 0.269 e. The molecule has 3 rings (SSSR count). The molecule has 0 unspecified atom stereocenters. The van der Waals surface area contributed by atoms with Crippen LogP contribution in [-0.4, -0.2) is 27.3 Å². The van der Waals surface area contributed by atoms with E-state index in [9.17, 15) is 18.0 Å². The molecule has 0 heterocycles. The second kappa shape index (κ2) is 9.36. The molecule has 0 spiro atoms. The van der Waals surface area contributed by atoms with Crippen molar-refractivity contribution >= 4 is 39.1 Å². The third-order valence-corrected chi connectivity index (χ3v) is 6.71. The molecule has 0 aliphatic heterocycles. The highest BCUT2D eigenvalue weighted by Gasteiger charge is 2.24. The van der Waals surface area contributed by atoms with Gasteiger partial charge in [-0.2, -0.15) is 0 Å². The number of amides is 2. The summed E-state index contributed by atoms with van der Waals surface area (Å²) in [5, 5.41) is -0.0519. The molecule has 160 valence electrons. The maximum atomic E-state index is 12.9. The summed E-state index contributed by atoms with van der Waals surface area (Å²) in [6.07, 6.45) is 3.56. The highest BCUT2D eigenvalue weighted by atomic mass is 35.5. The molecule has 2 aromatic carbocycles. The molecule has 1 aliphatic carbocycles. The van der Waals surface area contributed by atoms with E-state index in [-0.39, 0.29) is 33.0 Å². The van der Waals surface area contributed by atoms with Crippen molar-refractivity contribution in [3.05, 3.63) is 53.1 Å². The van der Waals surface area contributed by atoms with Crippen molar-refractivity contribution in [3.8, 4) is 5.75 Å². The summed E-state index contributed by atoms with van der Waals surface area (Å²) in [5.74, 6) is -0.676. The first-order valence-electron chi connectivity index (χ1n) is 9.37. The van der Waals surface area contributed by atoms with Gasteiger partial charge < -0.3 is 4.74 Å². The largest absolute Gasteiger partial charge is 0.495 e. The molecular weight excluding hydrogens is 430 g/mol. The third kappa shape index (κ3) is 5.03. The predicted molar refractivity (Wildman–Crippen MR) is 113 cm³/mol. The summed E-state index contributed by atoms with van der Waals surface area (Å²) >= 11 is 6.09. The van der Waals surface area contributed by atoms with Crippen molar-refractivity contribution in [2.75, 3.05) is 11.8 Å². The van der Waals surface area contributed by atoms with Crippen molar-refractivity contribution in [1.82, 2.24) is 10.9 Å². The van der Waals surface area contributed by atoms with Crippen molar-refractivity contribution in [2.45, 2.75) is 30.6 Å². The molecule has 2 aromatic rings. The minimum Gasteiger partial charge on any atom is -0.495 e. The van der Waals surface area contributed by atoms with Gasteiger partial charge in [-0.15, -0.1) is 0 Å². The standard InChI is InChI=1S/C20H22ClN3O5S/c1-29-17-9-5-4-8-16(17)24-30(27,28)18-12-14(10-11-15(18)21)20(26)23-22-19(25)13-6-2-3-7-13/h4-5,8-13,24H,2-3,6-7H2,1H3,(H,22,25)(H,23,26). The van der Waals surface area contributed by atoms with Crippen LogP contribution >= 0.6 is 11.6 Å². The minimum absolute atomic E-state index is 0.0338. The number of ether oxygens (including phenoxy) is 1. The Kier molecular flexibility index (Phi) is 6.84. The molecule has 0 radical (unpaired) electrons. The first kappa shape index (κ1) is 21.9. The number of hydrazine groups is 1. The van der Waals surface area contributed by atoms with Crippen LogP contribution in [0.25, 0.3) is 0 Å². The van der Waals surface area contributed by atoms with Crippen molar-refractivity contribution < 1.29 is 22.7 Å². The van der Waals surface area contributed by atoms with E-state index in [0.29, 0.717) is 5.75 Å². The van der Waals surface area contributed by atoms with Crippen LogP contribution in [0.1, 0.15) is 36.0 Å². The number of rotatable bonds is 6. The first-order valence-corrected chi connectivity index (χ1v) is 11.2. The van der Waals surface area contributed by atoms with Gasteiger partial charge in [-0.3, -0.25) is 25.2 Å². The summed E-state index contributed by atoms with van der Waals surface area (Å²) in [6, 6.07) is 10.3. The summed E-state index contributed by atoms with van der Waals surface area (Å²) in [4.78, 5) is 24.2. The number of anilines is 1. The van der Waals surface area contributed by atoms with Crippen LogP contribution in [0.4, 0.5) is 5.69 Å². The molecule has 1 saturated carbocycles. The van der Waals surface area contributed by atoms with Gasteiger partial charge in [-0.25, -0.2) is 8.42 Å². The fourth-order valence-corrected chi connectivity index (χ4v) is 4.86. The number of nitrogens with one attached hydrogen (secondary N) is 3. The Morgan fingerprint density at radius 3 is 2.47 bits per heavy atom. The molecule has 1 fully saturated rings. The van der Waals surface area contributed by atoms with E-state index in [1.165, 1.54) is 19.2 Å². The van der Waals surface area contributed by atoms with Crippen molar-refractivity contribution in [3.63, 3.8) is 0 Å². The number of para-hydroxylation sites is 2. The first-order chi connectivity index (χ1) is 14.3. The SMILES string of the molecule is COc1ccccc1NS(=O)(=O)c1cc(C(=O)NNC(=O)C2CCCC2)ccc1Cl. The fraction of sp³-hybridized carbons (Fsp3) is 0.300. The van der Waals surface area contributed by atoms with Gasteiger partial charge in [-0.05, 0) is 43.2 Å². The van der Waals surface area contributed by atoms with Crippen LogP contribution in [0.15, 0.2) is 47.4 Å². The Morgan fingerprint density at radius 2 is 1.77 bits per heavy atom. The van der Waals surface area contributed by atoms with Crippen LogP contribution in [0.5, 0.6) is 5.75 Å². The average Bonchev–Trinajstić information content (AvgIpc) is 3.27. The Balaban J connectivity index is 1.76. The second-order valence-corrected chi connectivity index (χ2v) is 8.93. The molecule has 0 aromatic heterocycles. The average molecular weight is 452 g/mol. The highest BCUT2D eigenvalue weighted by molar-refractivity contribution is 7.92. The van der Waals surface area contributed by atoms with E-state index in [4.69, 9.17) is 16.3 Å². The molecule has 0 bridgehead atoms. The maximum Gasteiger partial charge on any atom is 0.269 e. The lowest BCUT2D eigenvalue weighted by atomic mass is 10.1. The summed E-state index contributed by atoms with van der Waals surface area (Å²) in [5.41, 5.74) is 4.99. The predicted octanol–water partition coefficient (Wildman–Crippen LogP) is 3.10. The highest BCUT2D eigenvalue weighted by Crippen LogP contribution is 2.29. The van der Waals surface area contributed by atoms with E-state index in [2.05, 4.69) is 15.6 Å². The number of methoxy groups -OCH3 is 1. The lowest BCUT2D eigenvalue weighted by molar-refractivity contribution is -0.125. The number of hydrogen-bond acceptors (Lipinski definition) is 5. The van der Waals surface area contributed by atoms with Crippen molar-refractivity contribution in [2.24, 2.45) is 5.92 Å². The molecule has 1 aliphatic rings. The lowest BCUT2D eigenvalue weighted by Gasteiger charge is -2.14. The molecule has 8 nitrogen and oxygen atoms in total. The Morgan fingerprint density at radius 1 is 1.07 bits per heavy atom. The number of hydrogen-bond donors (Lipinski definition) is 3. The Labute approximate surface area is 180 Å². The summed E-state index contributed by atoms with van der Waals surface area (Å²) in [7, 11) is -2.68. The molecular formula is C20H22ClN3O5S. The van der Waals surface area contributed by atoms with Crippen LogP contribution in [0.3, 0.4) is 0 Å². The lowest BCUT2D eigenvalue weighted by Crippen LogP contribution is -2.44. The van der Waals surface area contributed by atoms with Crippen LogP contribution in [0.2, 0.25) is 5.02 Å². The quantitative estimate of drug-likeness (QED) is 0.584. The van der Waals surface area contributed by atoms with Gasteiger partial charge >= 0.3 is 0 Å². The van der Waals surface area contributed by atoms with E-state index in [1.807, 2.05) is 0 Å². The van der Waals surface area contributed by atoms with Gasteiger partial charge in [0.1, 0.15) is 10.6 Å². The number of carbonyl (C=O) groups is 2. The van der Waals surface area contributed by atoms with E-state index in [1.54, 1.807) is 24.3 Å². The number of sulfonamides is 1. The normalized spacial score (nSPS) is 14.2. The van der Waals surface area contributed by atoms with Crippen molar-refractivity contribution in [1.29, 1.82) is 0 Å². The molecule has 3 N–H and O–H groups in total. The summed E-state index contributed by atoms with van der Waals surface area (Å²) in [6.45, 7) is 0. The van der Waals surface area contributed by atoms with E-state index < -0.39 is 15.9 Å². The second-order valence-electron chi connectivity index (χ2n) is 6.88. The zero-order valence-corrected chi connectivity index (χ0v) is 17.8. The number of halogens is 1. The topological polar surface area (TPSA) is 114 Å². The molecule has 2 amide bonds. The Bertz CT molecular complexity index is 1050. The fourth-order valence-electron chi connectivity index (χ4n) is 3.26. The number of benzene rings is 2. The van der Waals surface area contributed by atoms with Gasteiger partial charge in [0.2, 0.25) is 5.91 Å². The molecule has 30 heavy (non-hydrogen) atoms. The minimum atomic E-state index is -4.11. The molecule has 0 saturated heterocycles. The van der Waals surface area contributed by atoms with Gasteiger partial charge in [0.05, 0.1) is 17.8 Å². The van der Waals surface area contributed by atoms with Crippen LogP contribution in [-0.2, 0) is 14.8 Å². The molecule has 0 atom stereocenters. The van der Waals surface area contributed by atoms with Gasteiger partial charge in [0.15, 0.2) is 0 Å². The van der Waals surface area contributed by atoms with Gasteiger partial charge in [0, 0.05) is 11.5 Å². The maximum absolute atomic E-state index is 12.9. The third-order valence-electron chi connectivity index (χ3n) is 4.86. The van der Waals surface area contributed by atoms with Gasteiger partial charge in [-0.1, -0.05) is 36.6 Å². The van der Waals surface area contributed by atoms with E-state index in [0.717, 1.165) is 31.7 Å². The van der Waals surface area contributed by atoms with Crippen LogP contribution in [0, 0.1) is 5.92 Å². The molecule has 10 heteroatoms. The zero-order valence-electron chi connectivity index (χ0n) is 16.3. The summed E-state index contributed by atoms with van der Waals surface area (Å²) < 4.78 is 33.3. The zero-order chi connectivity index (χ0) is 21.7. The van der Waals surface area contributed by atoms with Gasteiger partial charge in [0.25, 0.3) is 15.9 Å². The number of carbonyl (C=O) groups excluding carboxylic acids is 2. The Hall–Kier alpha value is -2.78. The van der Waals surface area contributed by atoms with E-state index >= 15 is 0 Å².